The van der Waals surface area contributed by atoms with Gasteiger partial charge in [0.05, 0.1) is 5.92 Å². The summed E-state index contributed by atoms with van der Waals surface area (Å²) in [7, 11) is 0. The van der Waals surface area contributed by atoms with E-state index in [2.05, 4.69) is 54.0 Å². The fraction of sp³-hybridized carbons (Fsp3) is 0.300. The van der Waals surface area contributed by atoms with Crippen LogP contribution in [0.15, 0.2) is 48.5 Å². The summed E-state index contributed by atoms with van der Waals surface area (Å²) < 4.78 is 0. The summed E-state index contributed by atoms with van der Waals surface area (Å²) in [6.45, 7) is 3.02. The Balaban J connectivity index is 1.63. The van der Waals surface area contributed by atoms with E-state index in [4.69, 9.17) is 0 Å². The molecule has 2 amide bonds. The van der Waals surface area contributed by atoms with Crippen molar-refractivity contribution in [2.75, 3.05) is 6.54 Å². The van der Waals surface area contributed by atoms with E-state index in [1.54, 1.807) is 0 Å². The summed E-state index contributed by atoms with van der Waals surface area (Å²) in [5.74, 6) is -0.0801. The summed E-state index contributed by atoms with van der Waals surface area (Å²) in [5.41, 5.74) is 4.63. The minimum absolute atomic E-state index is 0.0101. The van der Waals surface area contributed by atoms with Gasteiger partial charge in [-0.2, -0.15) is 0 Å². The smallest absolute Gasteiger partial charge is 0.225 e. The molecule has 1 atom stereocenters. The second kappa shape index (κ2) is 7.30. The van der Waals surface area contributed by atoms with Crippen LogP contribution in [0, 0.1) is 12.8 Å². The molecule has 24 heavy (non-hydrogen) atoms. The van der Waals surface area contributed by atoms with Crippen LogP contribution >= 0.6 is 0 Å². The van der Waals surface area contributed by atoms with Crippen molar-refractivity contribution < 1.29 is 9.59 Å². The second-order valence-electron chi connectivity index (χ2n) is 6.33. The molecule has 0 aromatic heterocycles. The fourth-order valence-electron chi connectivity index (χ4n) is 2.98. The van der Waals surface area contributed by atoms with Gasteiger partial charge in [-0.05, 0) is 36.1 Å². The van der Waals surface area contributed by atoms with Crippen LogP contribution in [0.4, 0.5) is 0 Å². The molecule has 1 aliphatic heterocycles. The summed E-state index contributed by atoms with van der Waals surface area (Å²) >= 11 is 0. The minimum atomic E-state index is -0.123. The van der Waals surface area contributed by atoms with E-state index in [9.17, 15) is 9.59 Å². The third kappa shape index (κ3) is 4.02. The topological polar surface area (TPSA) is 58.2 Å². The summed E-state index contributed by atoms with van der Waals surface area (Å²) in [5, 5.41) is 5.73. The van der Waals surface area contributed by atoms with E-state index < -0.39 is 0 Å². The summed E-state index contributed by atoms with van der Waals surface area (Å²) in [6, 6.07) is 16.6. The van der Waals surface area contributed by atoms with Crippen molar-refractivity contribution in [3.8, 4) is 11.1 Å². The van der Waals surface area contributed by atoms with Gasteiger partial charge < -0.3 is 10.6 Å². The molecular weight excluding hydrogens is 300 g/mol. The maximum Gasteiger partial charge on any atom is 0.225 e. The van der Waals surface area contributed by atoms with E-state index in [0.29, 0.717) is 25.9 Å². The molecule has 4 heteroatoms. The molecule has 0 radical (unpaired) electrons. The van der Waals surface area contributed by atoms with Crippen molar-refractivity contribution in [1.82, 2.24) is 10.6 Å². The highest BCUT2D eigenvalue weighted by Gasteiger charge is 2.23. The molecule has 1 saturated heterocycles. The van der Waals surface area contributed by atoms with Gasteiger partial charge in [0, 0.05) is 19.5 Å². The van der Waals surface area contributed by atoms with Gasteiger partial charge in [-0.1, -0.05) is 48.0 Å². The number of hydrogen-bond acceptors (Lipinski definition) is 2. The lowest BCUT2D eigenvalue weighted by atomic mass is 9.98. The molecular formula is C20H22N2O2. The van der Waals surface area contributed by atoms with Gasteiger partial charge in [0.2, 0.25) is 11.8 Å². The van der Waals surface area contributed by atoms with Gasteiger partial charge in [0.1, 0.15) is 0 Å². The summed E-state index contributed by atoms with van der Waals surface area (Å²) in [6.07, 6.45) is 1.06. The third-order valence-corrected chi connectivity index (χ3v) is 4.38. The van der Waals surface area contributed by atoms with Gasteiger partial charge >= 0.3 is 0 Å². The highest BCUT2D eigenvalue weighted by Crippen LogP contribution is 2.21. The first-order valence-electron chi connectivity index (χ1n) is 8.32. The molecule has 1 heterocycles. The lowest BCUT2D eigenvalue weighted by molar-refractivity contribution is -0.129. The van der Waals surface area contributed by atoms with Crippen LogP contribution in [0.25, 0.3) is 11.1 Å². The van der Waals surface area contributed by atoms with Gasteiger partial charge in [-0.15, -0.1) is 0 Å². The van der Waals surface area contributed by atoms with Crippen LogP contribution in [-0.4, -0.2) is 18.4 Å². The molecule has 2 N–H and O–H groups in total. The third-order valence-electron chi connectivity index (χ3n) is 4.38. The van der Waals surface area contributed by atoms with E-state index in [0.717, 1.165) is 11.1 Å². The Bertz CT molecular complexity index is 745. The SMILES string of the molecule is Cc1cccc(-c2cccc(CNC(=O)C3CCC(=O)NC3)c2)c1. The lowest BCUT2D eigenvalue weighted by Crippen LogP contribution is -2.42. The average Bonchev–Trinajstić information content (AvgIpc) is 2.60. The maximum atomic E-state index is 12.2. The first-order valence-corrected chi connectivity index (χ1v) is 8.32. The number of piperidine rings is 1. The second-order valence-corrected chi connectivity index (χ2v) is 6.33. The normalized spacial score (nSPS) is 17.2. The Kier molecular flexibility index (Phi) is 4.94. The average molecular weight is 322 g/mol. The van der Waals surface area contributed by atoms with Crippen LogP contribution in [0.3, 0.4) is 0 Å². The number of amides is 2. The van der Waals surface area contributed by atoms with E-state index in [-0.39, 0.29) is 17.7 Å². The molecule has 2 aromatic rings. The van der Waals surface area contributed by atoms with Gasteiger partial charge in [0.25, 0.3) is 0 Å². The molecule has 0 spiro atoms. The zero-order valence-corrected chi connectivity index (χ0v) is 13.8. The molecule has 1 aliphatic rings. The minimum Gasteiger partial charge on any atom is -0.355 e. The molecule has 4 nitrogen and oxygen atoms in total. The van der Waals surface area contributed by atoms with Gasteiger partial charge in [-0.3, -0.25) is 9.59 Å². The number of benzene rings is 2. The standard InChI is InChI=1S/C20H22N2O2/c1-14-4-2-6-16(10-14)17-7-3-5-15(11-17)12-22-20(24)18-8-9-19(23)21-13-18/h2-7,10-11,18H,8-9,12-13H2,1H3,(H,21,23)(H,22,24). The van der Waals surface area contributed by atoms with E-state index in [1.165, 1.54) is 11.1 Å². The van der Waals surface area contributed by atoms with Crippen LogP contribution in [-0.2, 0) is 16.1 Å². The van der Waals surface area contributed by atoms with Crippen LogP contribution < -0.4 is 10.6 Å². The first-order chi connectivity index (χ1) is 11.6. The molecule has 0 bridgehead atoms. The first kappa shape index (κ1) is 16.2. The number of aryl methyl sites for hydroxylation is 1. The molecule has 3 rings (SSSR count). The Morgan fingerprint density at radius 3 is 2.62 bits per heavy atom. The number of hydrogen-bond donors (Lipinski definition) is 2. The van der Waals surface area contributed by atoms with Crippen molar-refractivity contribution in [1.29, 1.82) is 0 Å². The molecule has 0 saturated carbocycles. The molecule has 1 fully saturated rings. The Morgan fingerprint density at radius 2 is 1.92 bits per heavy atom. The predicted octanol–water partition coefficient (Wildman–Crippen LogP) is 2.80. The highest BCUT2D eigenvalue weighted by molar-refractivity contribution is 5.83. The number of carbonyl (C=O) groups excluding carboxylic acids is 2. The number of carbonyl (C=O) groups is 2. The number of rotatable bonds is 4. The molecule has 124 valence electrons. The maximum absolute atomic E-state index is 12.2. The Labute approximate surface area is 142 Å². The largest absolute Gasteiger partial charge is 0.355 e. The zero-order valence-electron chi connectivity index (χ0n) is 13.8. The Morgan fingerprint density at radius 1 is 1.17 bits per heavy atom. The molecule has 0 aliphatic carbocycles. The van der Waals surface area contributed by atoms with Crippen molar-refractivity contribution in [2.24, 2.45) is 5.92 Å². The monoisotopic (exact) mass is 322 g/mol. The van der Waals surface area contributed by atoms with Crippen molar-refractivity contribution >= 4 is 11.8 Å². The quantitative estimate of drug-likeness (QED) is 0.909. The van der Waals surface area contributed by atoms with E-state index >= 15 is 0 Å². The van der Waals surface area contributed by atoms with Crippen LogP contribution in [0.5, 0.6) is 0 Å². The highest BCUT2D eigenvalue weighted by atomic mass is 16.2. The van der Waals surface area contributed by atoms with Crippen molar-refractivity contribution in [2.45, 2.75) is 26.3 Å². The van der Waals surface area contributed by atoms with Gasteiger partial charge in [0.15, 0.2) is 0 Å². The number of nitrogens with one attached hydrogen (secondary N) is 2. The van der Waals surface area contributed by atoms with Crippen molar-refractivity contribution in [3.05, 3.63) is 59.7 Å². The van der Waals surface area contributed by atoms with Crippen LogP contribution in [0.1, 0.15) is 24.0 Å². The van der Waals surface area contributed by atoms with Crippen LogP contribution in [0.2, 0.25) is 0 Å². The Hall–Kier alpha value is -2.62. The van der Waals surface area contributed by atoms with E-state index in [1.807, 2.05) is 12.1 Å². The lowest BCUT2D eigenvalue weighted by Gasteiger charge is -2.21. The van der Waals surface area contributed by atoms with Crippen molar-refractivity contribution in [3.63, 3.8) is 0 Å². The van der Waals surface area contributed by atoms with Gasteiger partial charge in [-0.25, -0.2) is 0 Å². The summed E-state index contributed by atoms with van der Waals surface area (Å²) in [4.78, 5) is 23.4. The molecule has 1 unspecified atom stereocenters. The fourth-order valence-corrected chi connectivity index (χ4v) is 2.98. The molecule has 2 aromatic carbocycles. The predicted molar refractivity (Wildman–Crippen MR) is 94.2 cm³/mol. The zero-order chi connectivity index (χ0) is 16.9.